The second-order valence-electron chi connectivity index (χ2n) is 5.06. The van der Waals surface area contributed by atoms with Crippen molar-refractivity contribution in [3.63, 3.8) is 0 Å². The smallest absolute Gasteiger partial charge is 0.231 e. The molecule has 0 aromatic rings. The normalized spacial score (nSPS) is 30.2. The fourth-order valence-electron chi connectivity index (χ4n) is 2.54. The lowest BCUT2D eigenvalue weighted by Gasteiger charge is -2.22. The van der Waals surface area contributed by atoms with E-state index in [4.69, 9.17) is 15.7 Å². The van der Waals surface area contributed by atoms with Crippen LogP contribution in [-0.2, 0) is 9.53 Å². The molecule has 1 heterocycles. The zero-order valence-corrected chi connectivity index (χ0v) is 10.6. The first-order valence-corrected chi connectivity index (χ1v) is 6.56. The summed E-state index contributed by atoms with van der Waals surface area (Å²) >= 11 is 0. The van der Waals surface area contributed by atoms with E-state index in [2.05, 4.69) is 10.5 Å². The average Bonchev–Trinajstić information content (AvgIpc) is 3.11. The molecular weight excluding hydrogens is 234 g/mol. The lowest BCUT2D eigenvalue weighted by Crippen LogP contribution is -2.47. The molecule has 1 aliphatic heterocycles. The molecule has 2 aliphatic rings. The van der Waals surface area contributed by atoms with Gasteiger partial charge < -0.3 is 21.0 Å². The molecule has 1 saturated heterocycles. The van der Waals surface area contributed by atoms with Crippen LogP contribution in [0.1, 0.15) is 32.6 Å². The lowest BCUT2D eigenvalue weighted by molar-refractivity contribution is -0.124. The summed E-state index contributed by atoms with van der Waals surface area (Å²) in [6.07, 6.45) is 3.89. The molecular formula is C12H21N3O3. The molecule has 0 radical (unpaired) electrons. The summed E-state index contributed by atoms with van der Waals surface area (Å²) in [5.41, 5.74) is 5.52. The maximum Gasteiger partial charge on any atom is 0.231 e. The number of carbonyl (C=O) groups excluding carboxylic acids is 1. The van der Waals surface area contributed by atoms with Crippen molar-refractivity contribution in [2.75, 3.05) is 6.61 Å². The van der Waals surface area contributed by atoms with Crippen molar-refractivity contribution >= 4 is 11.7 Å². The topological polar surface area (TPSA) is 96.9 Å². The summed E-state index contributed by atoms with van der Waals surface area (Å²) in [6, 6.07) is 0.0746. The van der Waals surface area contributed by atoms with E-state index in [9.17, 15) is 4.79 Å². The second kappa shape index (κ2) is 5.56. The molecule has 0 aromatic heterocycles. The molecule has 6 heteroatoms. The van der Waals surface area contributed by atoms with Gasteiger partial charge in [0.05, 0.1) is 18.1 Å². The summed E-state index contributed by atoms with van der Waals surface area (Å²) in [7, 11) is 0. The molecule has 3 atom stereocenters. The van der Waals surface area contributed by atoms with Gasteiger partial charge in [0.15, 0.2) is 5.84 Å². The first-order chi connectivity index (χ1) is 8.67. The van der Waals surface area contributed by atoms with E-state index in [1.165, 1.54) is 12.8 Å². The van der Waals surface area contributed by atoms with Gasteiger partial charge >= 0.3 is 0 Å². The Morgan fingerprint density at radius 2 is 2.28 bits per heavy atom. The van der Waals surface area contributed by atoms with Crippen molar-refractivity contribution in [1.29, 1.82) is 0 Å². The summed E-state index contributed by atoms with van der Waals surface area (Å²) in [5.74, 6) is -0.164. The van der Waals surface area contributed by atoms with Gasteiger partial charge in [-0.3, -0.25) is 4.79 Å². The van der Waals surface area contributed by atoms with Crippen LogP contribution >= 0.6 is 0 Å². The van der Waals surface area contributed by atoms with Gasteiger partial charge in [-0.15, -0.1) is 0 Å². The van der Waals surface area contributed by atoms with E-state index in [0.29, 0.717) is 18.9 Å². The minimum absolute atomic E-state index is 0.0307. The van der Waals surface area contributed by atoms with Crippen LogP contribution in [0.3, 0.4) is 0 Å². The molecule has 1 aliphatic carbocycles. The molecule has 102 valence electrons. The van der Waals surface area contributed by atoms with Crippen LogP contribution in [0.5, 0.6) is 0 Å². The highest BCUT2D eigenvalue weighted by molar-refractivity contribution is 6.02. The fourth-order valence-corrected chi connectivity index (χ4v) is 2.54. The standard InChI is InChI=1S/C12H21N3O3/c1-2-8(11(13)15-17)12(16)14-9-5-6-18-10(9)7-3-4-7/h7-10,17H,2-6H2,1H3,(H2,13,15)(H,14,16). The third-order valence-corrected chi connectivity index (χ3v) is 3.75. The van der Waals surface area contributed by atoms with Gasteiger partial charge in [-0.25, -0.2) is 0 Å². The van der Waals surface area contributed by atoms with Crippen molar-refractivity contribution in [3.8, 4) is 0 Å². The number of amides is 1. The van der Waals surface area contributed by atoms with Crippen LogP contribution in [0.15, 0.2) is 5.16 Å². The van der Waals surface area contributed by atoms with Gasteiger partial charge in [0.2, 0.25) is 5.91 Å². The SMILES string of the molecule is CCC(C(=O)NC1CCOC1C1CC1)C(N)=NO. The minimum atomic E-state index is -0.560. The molecule has 1 amide bonds. The predicted octanol–water partition coefficient (Wildman–Crippen LogP) is 0.443. The lowest BCUT2D eigenvalue weighted by atomic mass is 10.0. The van der Waals surface area contributed by atoms with Crippen LogP contribution in [0.4, 0.5) is 0 Å². The molecule has 0 bridgehead atoms. The van der Waals surface area contributed by atoms with Crippen LogP contribution < -0.4 is 11.1 Å². The minimum Gasteiger partial charge on any atom is -0.409 e. The van der Waals surface area contributed by atoms with Crippen molar-refractivity contribution in [2.45, 2.75) is 44.8 Å². The molecule has 2 fully saturated rings. The number of amidine groups is 1. The van der Waals surface area contributed by atoms with Gasteiger partial charge in [0, 0.05) is 6.61 Å². The third kappa shape index (κ3) is 2.75. The fraction of sp³-hybridized carbons (Fsp3) is 0.833. The number of oxime groups is 1. The molecule has 6 nitrogen and oxygen atoms in total. The highest BCUT2D eigenvalue weighted by Crippen LogP contribution is 2.38. The van der Waals surface area contributed by atoms with Gasteiger partial charge in [-0.05, 0) is 31.6 Å². The summed E-state index contributed by atoms with van der Waals surface area (Å²) in [5, 5.41) is 14.6. The number of ether oxygens (including phenoxy) is 1. The Labute approximate surface area is 107 Å². The Kier molecular flexibility index (Phi) is 4.06. The van der Waals surface area contributed by atoms with E-state index in [0.717, 1.165) is 6.42 Å². The van der Waals surface area contributed by atoms with E-state index < -0.39 is 5.92 Å². The number of nitrogens with one attached hydrogen (secondary N) is 1. The van der Waals surface area contributed by atoms with Crippen molar-refractivity contribution in [3.05, 3.63) is 0 Å². The number of hydrogen-bond donors (Lipinski definition) is 3. The Bertz CT molecular complexity index is 341. The third-order valence-electron chi connectivity index (χ3n) is 3.75. The van der Waals surface area contributed by atoms with Gasteiger partial charge in [-0.1, -0.05) is 12.1 Å². The van der Waals surface area contributed by atoms with Gasteiger partial charge in [-0.2, -0.15) is 0 Å². The Balaban J connectivity index is 1.93. The molecule has 18 heavy (non-hydrogen) atoms. The summed E-state index contributed by atoms with van der Waals surface area (Å²) in [6.45, 7) is 2.54. The number of carbonyl (C=O) groups is 1. The van der Waals surface area contributed by atoms with Crippen molar-refractivity contribution in [1.82, 2.24) is 5.32 Å². The quantitative estimate of drug-likeness (QED) is 0.287. The van der Waals surface area contributed by atoms with Crippen LogP contribution in [-0.4, -0.2) is 35.7 Å². The van der Waals surface area contributed by atoms with Crippen molar-refractivity contribution in [2.24, 2.45) is 22.7 Å². The highest BCUT2D eigenvalue weighted by atomic mass is 16.5. The summed E-state index contributed by atoms with van der Waals surface area (Å²) < 4.78 is 5.66. The molecule has 0 aromatic carbocycles. The Morgan fingerprint density at radius 3 is 2.83 bits per heavy atom. The monoisotopic (exact) mass is 255 g/mol. The first kappa shape index (κ1) is 13.1. The maximum absolute atomic E-state index is 12.1. The van der Waals surface area contributed by atoms with Crippen LogP contribution in [0.2, 0.25) is 0 Å². The van der Waals surface area contributed by atoms with Crippen LogP contribution in [0, 0.1) is 11.8 Å². The molecule has 1 saturated carbocycles. The van der Waals surface area contributed by atoms with Crippen molar-refractivity contribution < 1.29 is 14.7 Å². The zero-order valence-electron chi connectivity index (χ0n) is 10.6. The van der Waals surface area contributed by atoms with E-state index >= 15 is 0 Å². The van der Waals surface area contributed by atoms with Crippen LogP contribution in [0.25, 0.3) is 0 Å². The zero-order chi connectivity index (χ0) is 13.1. The number of nitrogens with zero attached hydrogens (tertiary/aromatic N) is 1. The predicted molar refractivity (Wildman–Crippen MR) is 66.2 cm³/mol. The number of rotatable bonds is 5. The summed E-state index contributed by atoms with van der Waals surface area (Å²) in [4.78, 5) is 12.1. The van der Waals surface area contributed by atoms with E-state index in [-0.39, 0.29) is 23.9 Å². The molecule has 4 N–H and O–H groups in total. The average molecular weight is 255 g/mol. The second-order valence-corrected chi connectivity index (χ2v) is 5.06. The highest BCUT2D eigenvalue weighted by Gasteiger charge is 2.41. The molecule has 2 rings (SSSR count). The largest absolute Gasteiger partial charge is 0.409 e. The maximum atomic E-state index is 12.1. The Morgan fingerprint density at radius 1 is 1.56 bits per heavy atom. The van der Waals surface area contributed by atoms with E-state index in [1.807, 2.05) is 6.92 Å². The number of hydrogen-bond acceptors (Lipinski definition) is 4. The molecule has 3 unspecified atom stereocenters. The van der Waals surface area contributed by atoms with Gasteiger partial charge in [0.25, 0.3) is 0 Å². The molecule has 0 spiro atoms. The van der Waals surface area contributed by atoms with E-state index in [1.54, 1.807) is 0 Å². The number of nitrogens with two attached hydrogens (primary N) is 1. The van der Waals surface area contributed by atoms with Gasteiger partial charge in [0.1, 0.15) is 0 Å². The first-order valence-electron chi connectivity index (χ1n) is 6.56. The Hall–Kier alpha value is -1.30.